The summed E-state index contributed by atoms with van der Waals surface area (Å²) in [5, 5.41) is 19.6. The second-order valence-corrected chi connectivity index (χ2v) is 6.23. The summed E-state index contributed by atoms with van der Waals surface area (Å²) < 4.78 is 5.75. The molecule has 1 amide bonds. The molecule has 0 aromatic heterocycles. The zero-order chi connectivity index (χ0) is 20.0. The van der Waals surface area contributed by atoms with Gasteiger partial charge in [-0.1, -0.05) is 36.4 Å². The third-order valence-electron chi connectivity index (χ3n) is 4.12. The molecule has 144 valence electrons. The van der Waals surface area contributed by atoms with Gasteiger partial charge in [0.05, 0.1) is 6.10 Å². The largest absolute Gasteiger partial charge is 0.488 e. The summed E-state index contributed by atoms with van der Waals surface area (Å²) in [7, 11) is 0. The molecule has 2 aromatic carbocycles. The van der Waals surface area contributed by atoms with Crippen molar-refractivity contribution in [3.05, 3.63) is 60.7 Å². The van der Waals surface area contributed by atoms with Gasteiger partial charge >= 0.3 is 5.97 Å². The topological polar surface area (TPSA) is 113 Å². The van der Waals surface area contributed by atoms with E-state index in [0.717, 1.165) is 4.90 Å². The second kappa shape index (κ2) is 9.16. The number of aliphatic carboxylic acids is 1. The van der Waals surface area contributed by atoms with Crippen LogP contribution in [0.1, 0.15) is 13.8 Å². The molecule has 0 spiro atoms. The standard InChI is InChI=1S/C20H24N2O5/c1-13(23)17(21)19(24)22(15-9-5-3-6-10-15)18(20(25)26)14(2)27-16-11-7-4-8-12-16/h3-14,17-18,23H,21H2,1-2H3,(H,25,26)/t13-,14-,17+,18+/m1/s1. The van der Waals surface area contributed by atoms with Gasteiger partial charge in [-0.05, 0) is 38.1 Å². The third kappa shape index (κ3) is 5.06. The average Bonchev–Trinajstić information content (AvgIpc) is 2.65. The van der Waals surface area contributed by atoms with Crippen LogP contribution in [0.4, 0.5) is 5.69 Å². The number of hydrogen-bond acceptors (Lipinski definition) is 5. The predicted molar refractivity (Wildman–Crippen MR) is 102 cm³/mol. The van der Waals surface area contributed by atoms with Crippen LogP contribution in [-0.2, 0) is 9.59 Å². The molecule has 0 aliphatic heterocycles. The molecule has 0 aliphatic carbocycles. The number of nitrogens with zero attached hydrogens (tertiary/aromatic N) is 1. The van der Waals surface area contributed by atoms with E-state index >= 15 is 0 Å². The number of nitrogens with two attached hydrogens (primary N) is 1. The molecule has 4 N–H and O–H groups in total. The van der Waals surface area contributed by atoms with Gasteiger partial charge in [0.15, 0.2) is 6.04 Å². The van der Waals surface area contributed by atoms with Crippen molar-refractivity contribution in [2.45, 2.75) is 38.1 Å². The van der Waals surface area contributed by atoms with E-state index in [4.69, 9.17) is 10.5 Å². The molecule has 7 heteroatoms. The van der Waals surface area contributed by atoms with E-state index in [9.17, 15) is 19.8 Å². The Balaban J connectivity index is 2.42. The molecular formula is C20H24N2O5. The number of carboxylic acids is 1. The Labute approximate surface area is 158 Å². The number of para-hydroxylation sites is 2. The molecule has 0 saturated carbocycles. The van der Waals surface area contributed by atoms with Gasteiger partial charge in [-0.2, -0.15) is 0 Å². The summed E-state index contributed by atoms with van der Waals surface area (Å²) in [6, 6.07) is 14.5. The highest BCUT2D eigenvalue weighted by molar-refractivity contribution is 6.02. The molecule has 27 heavy (non-hydrogen) atoms. The number of carboxylic acid groups (broad SMARTS) is 1. The summed E-state index contributed by atoms with van der Waals surface area (Å²) in [5.41, 5.74) is 6.17. The highest BCUT2D eigenvalue weighted by atomic mass is 16.5. The van der Waals surface area contributed by atoms with Gasteiger partial charge in [0, 0.05) is 5.69 Å². The third-order valence-corrected chi connectivity index (χ3v) is 4.12. The van der Waals surface area contributed by atoms with Crippen LogP contribution in [0.5, 0.6) is 5.75 Å². The Morgan fingerprint density at radius 2 is 1.52 bits per heavy atom. The van der Waals surface area contributed by atoms with Crippen molar-refractivity contribution in [2.75, 3.05) is 4.90 Å². The van der Waals surface area contributed by atoms with Crippen LogP contribution in [0.15, 0.2) is 60.7 Å². The summed E-state index contributed by atoms with van der Waals surface area (Å²) in [5.74, 6) is -1.46. The van der Waals surface area contributed by atoms with Crippen molar-refractivity contribution in [2.24, 2.45) is 5.73 Å². The van der Waals surface area contributed by atoms with Crippen LogP contribution in [0.2, 0.25) is 0 Å². The first-order chi connectivity index (χ1) is 12.8. The van der Waals surface area contributed by atoms with Crippen LogP contribution in [0, 0.1) is 0 Å². The Kier molecular flexibility index (Phi) is 6.92. The lowest BCUT2D eigenvalue weighted by atomic mass is 10.1. The fraction of sp³-hybridized carbons (Fsp3) is 0.300. The van der Waals surface area contributed by atoms with Crippen LogP contribution in [0.3, 0.4) is 0 Å². The smallest absolute Gasteiger partial charge is 0.330 e. The van der Waals surface area contributed by atoms with Crippen LogP contribution >= 0.6 is 0 Å². The molecule has 0 saturated heterocycles. The summed E-state index contributed by atoms with van der Waals surface area (Å²) in [4.78, 5) is 26.1. The van der Waals surface area contributed by atoms with Crippen LogP contribution < -0.4 is 15.4 Å². The number of carbonyl (C=O) groups excluding carboxylic acids is 1. The van der Waals surface area contributed by atoms with Crippen LogP contribution in [-0.4, -0.2) is 46.4 Å². The Bertz CT molecular complexity index is 751. The lowest BCUT2D eigenvalue weighted by Gasteiger charge is -2.35. The Morgan fingerprint density at radius 3 is 2.00 bits per heavy atom. The van der Waals surface area contributed by atoms with E-state index < -0.39 is 36.2 Å². The maximum atomic E-state index is 12.9. The van der Waals surface area contributed by atoms with Crippen molar-refractivity contribution < 1.29 is 24.5 Å². The van der Waals surface area contributed by atoms with Gasteiger partial charge in [0.1, 0.15) is 17.9 Å². The predicted octanol–water partition coefficient (Wildman–Crippen LogP) is 1.65. The lowest BCUT2D eigenvalue weighted by molar-refractivity contribution is -0.142. The molecule has 0 radical (unpaired) electrons. The molecular weight excluding hydrogens is 348 g/mol. The molecule has 0 unspecified atom stereocenters. The van der Waals surface area contributed by atoms with Crippen molar-refractivity contribution in [3.63, 3.8) is 0 Å². The maximum absolute atomic E-state index is 12.9. The Morgan fingerprint density at radius 1 is 1.00 bits per heavy atom. The van der Waals surface area contributed by atoms with Crippen molar-refractivity contribution >= 4 is 17.6 Å². The van der Waals surface area contributed by atoms with Gasteiger partial charge < -0.3 is 20.7 Å². The van der Waals surface area contributed by atoms with Gasteiger partial charge in [-0.3, -0.25) is 9.69 Å². The quantitative estimate of drug-likeness (QED) is 0.649. The minimum absolute atomic E-state index is 0.356. The molecule has 4 atom stereocenters. The number of aliphatic hydroxyl groups is 1. The first-order valence-electron chi connectivity index (χ1n) is 8.59. The number of anilines is 1. The first-order valence-corrected chi connectivity index (χ1v) is 8.59. The molecule has 7 nitrogen and oxygen atoms in total. The van der Waals surface area contributed by atoms with E-state index in [0.29, 0.717) is 11.4 Å². The van der Waals surface area contributed by atoms with E-state index in [-0.39, 0.29) is 0 Å². The Hall–Kier alpha value is -2.90. The zero-order valence-corrected chi connectivity index (χ0v) is 15.2. The molecule has 0 fully saturated rings. The highest BCUT2D eigenvalue weighted by Gasteiger charge is 2.39. The van der Waals surface area contributed by atoms with E-state index in [1.165, 1.54) is 6.92 Å². The summed E-state index contributed by atoms with van der Waals surface area (Å²) in [6.45, 7) is 2.95. The number of carbonyl (C=O) groups is 2. The molecule has 0 bridgehead atoms. The zero-order valence-electron chi connectivity index (χ0n) is 15.2. The van der Waals surface area contributed by atoms with Gasteiger partial charge in [-0.25, -0.2) is 4.79 Å². The second-order valence-electron chi connectivity index (χ2n) is 6.23. The van der Waals surface area contributed by atoms with E-state index in [1.54, 1.807) is 61.5 Å². The van der Waals surface area contributed by atoms with Gasteiger partial charge in [0.2, 0.25) is 5.91 Å². The van der Waals surface area contributed by atoms with E-state index in [2.05, 4.69) is 0 Å². The maximum Gasteiger partial charge on any atom is 0.330 e. The van der Waals surface area contributed by atoms with Gasteiger partial charge in [0.25, 0.3) is 0 Å². The number of amides is 1. The number of rotatable bonds is 8. The minimum Gasteiger partial charge on any atom is -0.488 e. The van der Waals surface area contributed by atoms with Crippen molar-refractivity contribution in [3.8, 4) is 5.75 Å². The monoisotopic (exact) mass is 372 g/mol. The fourth-order valence-corrected chi connectivity index (χ4v) is 2.68. The van der Waals surface area contributed by atoms with Crippen LogP contribution in [0.25, 0.3) is 0 Å². The normalized spacial score (nSPS) is 15.3. The molecule has 0 heterocycles. The number of hydrogen-bond donors (Lipinski definition) is 3. The molecule has 2 rings (SSSR count). The highest BCUT2D eigenvalue weighted by Crippen LogP contribution is 2.23. The first kappa shape index (κ1) is 20.4. The summed E-state index contributed by atoms with van der Waals surface area (Å²) >= 11 is 0. The number of benzene rings is 2. The fourth-order valence-electron chi connectivity index (χ4n) is 2.68. The summed E-state index contributed by atoms with van der Waals surface area (Å²) in [6.07, 6.45) is -2.02. The van der Waals surface area contributed by atoms with Crippen molar-refractivity contribution in [1.29, 1.82) is 0 Å². The number of aliphatic hydroxyl groups excluding tert-OH is 1. The van der Waals surface area contributed by atoms with Gasteiger partial charge in [-0.15, -0.1) is 0 Å². The minimum atomic E-state index is -1.34. The average molecular weight is 372 g/mol. The van der Waals surface area contributed by atoms with Crippen molar-refractivity contribution in [1.82, 2.24) is 0 Å². The number of ether oxygens (including phenoxy) is 1. The SMILES string of the molecule is C[C@@H](O)[C@H](N)C(=O)N(c1ccccc1)[C@H](C(=O)O)[C@@H](C)Oc1ccccc1. The molecule has 2 aromatic rings. The van der Waals surface area contributed by atoms with E-state index in [1.807, 2.05) is 6.07 Å². The molecule has 0 aliphatic rings. The lowest BCUT2D eigenvalue weighted by Crippen LogP contribution is -2.59.